The smallest absolute Gasteiger partial charge is 0.197 e. The quantitative estimate of drug-likeness (QED) is 0.433. The van der Waals surface area contributed by atoms with Gasteiger partial charge in [-0.3, -0.25) is 14.4 Å². The summed E-state index contributed by atoms with van der Waals surface area (Å²) in [7, 11) is 0. The van der Waals surface area contributed by atoms with E-state index in [0.29, 0.717) is 32.7 Å². The van der Waals surface area contributed by atoms with Gasteiger partial charge in [-0.05, 0) is 27.8 Å². The highest BCUT2D eigenvalue weighted by molar-refractivity contribution is 6.25. The standard InChI is InChI=1S/C29H16O4/c30-26-18-10-1-6-16-7-2-11-19(24(16)18)27(31)22(26)14-5-15-23-28(32)20-12-3-8-17-9-4-13-21(25(17)20)29(23)33/h1-15,30H/p-1/b14-5+. The second-order valence-electron chi connectivity index (χ2n) is 8.09. The number of allylic oxidation sites excluding steroid dienone is 3. The van der Waals surface area contributed by atoms with Crippen molar-refractivity contribution in [2.45, 2.75) is 0 Å². The Kier molecular flexibility index (Phi) is 4.04. The average Bonchev–Trinajstić information content (AvgIpc) is 2.84. The van der Waals surface area contributed by atoms with Crippen molar-refractivity contribution in [2.75, 3.05) is 0 Å². The summed E-state index contributed by atoms with van der Waals surface area (Å²) >= 11 is 0. The van der Waals surface area contributed by atoms with Crippen molar-refractivity contribution in [3.8, 4) is 0 Å². The van der Waals surface area contributed by atoms with Gasteiger partial charge >= 0.3 is 0 Å². The Hall–Kier alpha value is -4.57. The van der Waals surface area contributed by atoms with Gasteiger partial charge in [0, 0.05) is 27.3 Å². The molecule has 156 valence electrons. The minimum atomic E-state index is -0.365. The number of Topliss-reactive ketones (excluding diaryl/α,β-unsaturated/α-hetero) is 1. The molecule has 0 heterocycles. The van der Waals surface area contributed by atoms with E-state index in [0.717, 1.165) is 10.8 Å². The van der Waals surface area contributed by atoms with Crippen LogP contribution in [0.2, 0.25) is 0 Å². The first-order valence-corrected chi connectivity index (χ1v) is 10.5. The maximum absolute atomic E-state index is 13.1. The van der Waals surface area contributed by atoms with Crippen LogP contribution in [0.4, 0.5) is 0 Å². The topological polar surface area (TPSA) is 74.3 Å². The van der Waals surface area contributed by atoms with Crippen LogP contribution in [-0.4, -0.2) is 5.78 Å². The summed E-state index contributed by atoms with van der Waals surface area (Å²) in [6, 6.07) is 21.4. The summed E-state index contributed by atoms with van der Waals surface area (Å²) < 4.78 is 0. The maximum Gasteiger partial charge on any atom is 0.197 e. The lowest BCUT2D eigenvalue weighted by Crippen LogP contribution is -2.38. The van der Waals surface area contributed by atoms with E-state index in [1.54, 1.807) is 48.5 Å². The number of rotatable bonds is 2. The fourth-order valence-corrected chi connectivity index (χ4v) is 4.77. The lowest BCUT2D eigenvalue weighted by molar-refractivity contribution is -0.244. The number of carbonyl (C=O) groups is 1. The molecule has 0 bridgehead atoms. The SMILES string of the molecule is O=C1C(/C=C/C=c2c(=O)c3cccc4cccc(c2=O)c43)=C([O-])c2cccc3cccc1c23. The van der Waals surface area contributed by atoms with Gasteiger partial charge in [-0.25, -0.2) is 0 Å². The molecular formula is C29H15O4-. The van der Waals surface area contributed by atoms with Gasteiger partial charge in [0.1, 0.15) is 0 Å². The Balaban J connectivity index is 1.55. The molecule has 1 aliphatic carbocycles. The third-order valence-electron chi connectivity index (χ3n) is 6.29. The average molecular weight is 427 g/mol. The molecule has 0 fully saturated rings. The Labute approximate surface area is 187 Å². The summed E-state index contributed by atoms with van der Waals surface area (Å²) in [5.74, 6) is -0.731. The van der Waals surface area contributed by atoms with E-state index in [9.17, 15) is 19.5 Å². The molecule has 4 nitrogen and oxygen atoms in total. The van der Waals surface area contributed by atoms with E-state index in [1.807, 2.05) is 24.3 Å². The van der Waals surface area contributed by atoms with Crippen LogP contribution in [-0.2, 0) is 0 Å². The predicted octanol–water partition coefficient (Wildman–Crippen LogP) is 3.33. The van der Waals surface area contributed by atoms with Crippen LogP contribution in [0.1, 0.15) is 15.9 Å². The van der Waals surface area contributed by atoms with E-state index in [1.165, 1.54) is 18.2 Å². The molecule has 4 heteroatoms. The summed E-state index contributed by atoms with van der Waals surface area (Å²) in [6.45, 7) is 0. The molecule has 5 aromatic rings. The van der Waals surface area contributed by atoms with Gasteiger partial charge < -0.3 is 5.11 Å². The first kappa shape index (κ1) is 19.1. The zero-order valence-electron chi connectivity index (χ0n) is 17.3. The van der Waals surface area contributed by atoms with Crippen molar-refractivity contribution < 1.29 is 9.90 Å². The van der Waals surface area contributed by atoms with E-state index >= 15 is 0 Å². The van der Waals surface area contributed by atoms with E-state index in [4.69, 9.17) is 0 Å². The fourth-order valence-electron chi connectivity index (χ4n) is 4.77. The third-order valence-corrected chi connectivity index (χ3v) is 6.29. The summed E-state index contributed by atoms with van der Waals surface area (Å²) in [6.07, 6.45) is 4.24. The Morgan fingerprint density at radius 1 is 0.636 bits per heavy atom. The summed E-state index contributed by atoms with van der Waals surface area (Å²) in [5.41, 5.74) is 0.225. The van der Waals surface area contributed by atoms with Crippen molar-refractivity contribution in [2.24, 2.45) is 0 Å². The molecule has 0 aliphatic heterocycles. The minimum Gasteiger partial charge on any atom is -0.872 e. The van der Waals surface area contributed by atoms with E-state index in [-0.39, 0.29) is 33.2 Å². The highest BCUT2D eigenvalue weighted by Crippen LogP contribution is 2.34. The van der Waals surface area contributed by atoms with Crippen LogP contribution < -0.4 is 21.2 Å². The van der Waals surface area contributed by atoms with Crippen molar-refractivity contribution in [3.63, 3.8) is 0 Å². The molecule has 0 radical (unpaired) electrons. The van der Waals surface area contributed by atoms with Crippen molar-refractivity contribution >= 4 is 49.9 Å². The van der Waals surface area contributed by atoms with Crippen LogP contribution in [0.3, 0.4) is 0 Å². The third kappa shape index (κ3) is 2.68. The molecule has 1 aliphatic rings. The van der Waals surface area contributed by atoms with Crippen LogP contribution in [0.15, 0.2) is 100 Å². The molecule has 0 unspecified atom stereocenters. The Morgan fingerprint density at radius 2 is 1.18 bits per heavy atom. The molecule has 6 rings (SSSR count). The van der Waals surface area contributed by atoms with Crippen molar-refractivity contribution in [1.82, 2.24) is 0 Å². The van der Waals surface area contributed by atoms with Gasteiger partial charge in [-0.15, -0.1) is 0 Å². The molecule has 0 saturated heterocycles. The van der Waals surface area contributed by atoms with Gasteiger partial charge in [0.15, 0.2) is 16.6 Å². The highest BCUT2D eigenvalue weighted by Gasteiger charge is 2.21. The van der Waals surface area contributed by atoms with Crippen molar-refractivity contribution in [3.05, 3.63) is 127 Å². The fraction of sp³-hybridized carbons (Fsp3) is 0. The Bertz CT molecular complexity index is 1810. The first-order chi connectivity index (χ1) is 16.1. The van der Waals surface area contributed by atoms with Crippen LogP contribution >= 0.6 is 0 Å². The highest BCUT2D eigenvalue weighted by atomic mass is 16.3. The number of hydrogen-bond acceptors (Lipinski definition) is 4. The number of benzene rings is 5. The molecule has 33 heavy (non-hydrogen) atoms. The first-order valence-electron chi connectivity index (χ1n) is 10.5. The van der Waals surface area contributed by atoms with Crippen LogP contribution in [0.5, 0.6) is 0 Å². The van der Waals surface area contributed by atoms with E-state index < -0.39 is 0 Å². The van der Waals surface area contributed by atoms with Crippen molar-refractivity contribution in [1.29, 1.82) is 0 Å². The molecule has 0 atom stereocenters. The molecule has 0 saturated carbocycles. The summed E-state index contributed by atoms with van der Waals surface area (Å²) in [5, 5.41) is 17.0. The maximum atomic E-state index is 13.1. The monoisotopic (exact) mass is 427 g/mol. The number of ketones is 1. The molecule has 5 aromatic carbocycles. The van der Waals surface area contributed by atoms with Crippen LogP contribution in [0, 0.1) is 0 Å². The zero-order chi connectivity index (χ0) is 22.7. The van der Waals surface area contributed by atoms with E-state index in [2.05, 4.69) is 0 Å². The largest absolute Gasteiger partial charge is 0.872 e. The molecule has 0 N–H and O–H groups in total. The van der Waals surface area contributed by atoms with Gasteiger partial charge in [-0.2, -0.15) is 0 Å². The van der Waals surface area contributed by atoms with Crippen LogP contribution in [0.25, 0.3) is 44.2 Å². The normalized spacial score (nSPS) is 13.6. The predicted molar refractivity (Wildman–Crippen MR) is 129 cm³/mol. The molecular weight excluding hydrogens is 412 g/mol. The zero-order valence-corrected chi connectivity index (χ0v) is 17.3. The van der Waals surface area contributed by atoms with Gasteiger partial charge in [-0.1, -0.05) is 90.7 Å². The number of hydrogen-bond donors (Lipinski definition) is 0. The second kappa shape index (κ2) is 6.97. The molecule has 0 spiro atoms. The Morgan fingerprint density at radius 3 is 1.82 bits per heavy atom. The van der Waals surface area contributed by atoms with Gasteiger partial charge in [0.2, 0.25) is 0 Å². The number of carbonyl (C=O) groups excluding carboxylic acids is 1. The lowest BCUT2D eigenvalue weighted by atomic mass is 9.86. The lowest BCUT2D eigenvalue weighted by Gasteiger charge is -2.25. The van der Waals surface area contributed by atoms with Gasteiger partial charge in [0.25, 0.3) is 0 Å². The molecule has 0 aromatic heterocycles. The van der Waals surface area contributed by atoms with Gasteiger partial charge in [0.05, 0.1) is 5.22 Å². The summed E-state index contributed by atoms with van der Waals surface area (Å²) in [4.78, 5) is 39.2. The minimum absolute atomic E-state index is 0.0104. The second-order valence-corrected chi connectivity index (χ2v) is 8.09. The molecule has 0 amide bonds.